The summed E-state index contributed by atoms with van der Waals surface area (Å²) < 4.78 is 40.7. The zero-order valence-corrected chi connectivity index (χ0v) is 14.2. The smallest absolute Gasteiger partial charge is 0.422 e. The molecule has 0 saturated carbocycles. The molecule has 1 aromatic rings. The van der Waals surface area contributed by atoms with Gasteiger partial charge in [-0.15, -0.1) is 24.8 Å². The van der Waals surface area contributed by atoms with E-state index in [0.717, 1.165) is 0 Å². The number of carbonyl (C=O) groups is 1. The van der Waals surface area contributed by atoms with Crippen LogP contribution in [0.25, 0.3) is 0 Å². The van der Waals surface area contributed by atoms with Gasteiger partial charge in [-0.05, 0) is 18.6 Å². The molecule has 0 spiro atoms. The SMILES string of the molecule is CC(N)C(C)C(=O)NCc1ccnc(OCC(F)(F)F)c1.Cl.Cl. The molecule has 1 rings (SSSR count). The number of amides is 1. The van der Waals surface area contributed by atoms with E-state index >= 15 is 0 Å². The van der Waals surface area contributed by atoms with Crippen molar-refractivity contribution in [2.75, 3.05) is 6.61 Å². The summed E-state index contributed by atoms with van der Waals surface area (Å²) in [5.41, 5.74) is 6.20. The summed E-state index contributed by atoms with van der Waals surface area (Å²) in [4.78, 5) is 15.4. The largest absolute Gasteiger partial charge is 0.468 e. The third-order valence-corrected chi connectivity index (χ3v) is 2.85. The number of aromatic nitrogens is 1. The number of nitrogens with one attached hydrogen (secondary N) is 1. The molecule has 134 valence electrons. The van der Waals surface area contributed by atoms with Crippen molar-refractivity contribution < 1.29 is 22.7 Å². The van der Waals surface area contributed by atoms with E-state index in [9.17, 15) is 18.0 Å². The molecule has 1 amide bonds. The molecule has 0 aliphatic heterocycles. The summed E-state index contributed by atoms with van der Waals surface area (Å²) in [5.74, 6) is -0.716. The zero-order valence-electron chi connectivity index (χ0n) is 12.6. The molecule has 0 radical (unpaired) electrons. The fourth-order valence-corrected chi connectivity index (χ4v) is 1.38. The Labute approximate surface area is 145 Å². The van der Waals surface area contributed by atoms with Gasteiger partial charge >= 0.3 is 6.18 Å². The summed E-state index contributed by atoms with van der Waals surface area (Å²) in [6, 6.07) is 2.65. The van der Waals surface area contributed by atoms with Crippen LogP contribution in [0.1, 0.15) is 19.4 Å². The summed E-state index contributed by atoms with van der Waals surface area (Å²) in [5, 5.41) is 2.66. The summed E-state index contributed by atoms with van der Waals surface area (Å²) in [6.07, 6.45) is -3.10. The highest BCUT2D eigenvalue weighted by Crippen LogP contribution is 2.17. The fraction of sp³-hybridized carbons (Fsp3) is 0.538. The predicted octanol–water partition coefficient (Wildman–Crippen LogP) is 2.47. The second-order valence-electron chi connectivity index (χ2n) is 4.77. The number of rotatable bonds is 6. The van der Waals surface area contributed by atoms with Crippen molar-refractivity contribution in [1.82, 2.24) is 10.3 Å². The van der Waals surface area contributed by atoms with E-state index in [1.807, 2.05) is 0 Å². The normalized spacial score (nSPS) is 13.1. The number of carbonyl (C=O) groups excluding carboxylic acids is 1. The van der Waals surface area contributed by atoms with Gasteiger partial charge in [0.2, 0.25) is 11.8 Å². The minimum Gasteiger partial charge on any atom is -0.468 e. The number of ether oxygens (including phenoxy) is 1. The highest BCUT2D eigenvalue weighted by Gasteiger charge is 2.28. The van der Waals surface area contributed by atoms with Crippen molar-refractivity contribution in [2.45, 2.75) is 32.6 Å². The van der Waals surface area contributed by atoms with E-state index in [2.05, 4.69) is 15.0 Å². The van der Waals surface area contributed by atoms with E-state index in [4.69, 9.17) is 5.73 Å². The first kappa shape index (κ1) is 24.0. The maximum atomic E-state index is 12.0. The van der Waals surface area contributed by atoms with Gasteiger partial charge in [-0.1, -0.05) is 6.92 Å². The molecule has 0 aromatic carbocycles. The van der Waals surface area contributed by atoms with Gasteiger partial charge in [0.15, 0.2) is 6.61 Å². The lowest BCUT2D eigenvalue weighted by Gasteiger charge is -2.15. The summed E-state index contributed by atoms with van der Waals surface area (Å²) in [7, 11) is 0. The summed E-state index contributed by atoms with van der Waals surface area (Å²) in [6.45, 7) is 2.18. The molecular weight excluding hydrogens is 358 g/mol. The topological polar surface area (TPSA) is 77.2 Å². The predicted molar refractivity (Wildman–Crippen MR) is 84.9 cm³/mol. The lowest BCUT2D eigenvalue weighted by molar-refractivity contribution is -0.154. The van der Waals surface area contributed by atoms with Crippen molar-refractivity contribution >= 4 is 30.7 Å². The standard InChI is InChI=1S/C13H18F3N3O2.2ClH/c1-8(9(2)17)12(20)19-6-10-3-4-18-11(5-10)21-7-13(14,15)16;;/h3-5,8-9H,6-7,17H2,1-2H3,(H,19,20);2*1H. The Morgan fingerprint density at radius 1 is 1.39 bits per heavy atom. The molecule has 0 saturated heterocycles. The second kappa shape index (κ2) is 10.5. The molecule has 23 heavy (non-hydrogen) atoms. The maximum Gasteiger partial charge on any atom is 0.422 e. The minimum atomic E-state index is -4.42. The first-order valence-electron chi connectivity index (χ1n) is 6.37. The maximum absolute atomic E-state index is 12.0. The van der Waals surface area contributed by atoms with Crippen LogP contribution in [0.4, 0.5) is 13.2 Å². The Balaban J connectivity index is 0. The average Bonchev–Trinajstić information content (AvgIpc) is 2.41. The number of hydrogen-bond acceptors (Lipinski definition) is 4. The monoisotopic (exact) mass is 377 g/mol. The van der Waals surface area contributed by atoms with Crippen LogP contribution >= 0.6 is 24.8 Å². The Kier molecular flexibility index (Phi) is 11.0. The van der Waals surface area contributed by atoms with Crippen LogP contribution in [0, 0.1) is 5.92 Å². The Bertz CT molecular complexity index is 488. The van der Waals surface area contributed by atoms with Gasteiger partial charge in [-0.25, -0.2) is 4.98 Å². The molecule has 1 heterocycles. The van der Waals surface area contributed by atoms with Crippen molar-refractivity contribution in [3.8, 4) is 5.88 Å². The lowest BCUT2D eigenvalue weighted by Crippen LogP contribution is -2.38. The third kappa shape index (κ3) is 9.47. The van der Waals surface area contributed by atoms with Crippen LogP contribution in [0.15, 0.2) is 18.3 Å². The van der Waals surface area contributed by atoms with Crippen molar-refractivity contribution in [2.24, 2.45) is 11.7 Å². The molecular formula is C13H20Cl2F3N3O2. The first-order chi connectivity index (χ1) is 9.69. The Hall–Kier alpha value is -1.25. The van der Waals surface area contributed by atoms with Crippen molar-refractivity contribution in [3.05, 3.63) is 23.9 Å². The van der Waals surface area contributed by atoms with Crippen LogP contribution < -0.4 is 15.8 Å². The fourth-order valence-electron chi connectivity index (χ4n) is 1.38. The number of pyridine rings is 1. The van der Waals surface area contributed by atoms with Crippen LogP contribution in [0.3, 0.4) is 0 Å². The van der Waals surface area contributed by atoms with Gasteiger partial charge in [-0.2, -0.15) is 13.2 Å². The molecule has 10 heteroatoms. The van der Waals surface area contributed by atoms with Crippen molar-refractivity contribution in [1.29, 1.82) is 0 Å². The third-order valence-electron chi connectivity index (χ3n) is 2.85. The molecule has 2 atom stereocenters. The zero-order chi connectivity index (χ0) is 16.0. The molecule has 0 bridgehead atoms. The molecule has 0 aliphatic carbocycles. The van der Waals surface area contributed by atoms with Crippen LogP contribution in [0.2, 0.25) is 0 Å². The van der Waals surface area contributed by atoms with E-state index in [1.54, 1.807) is 19.9 Å². The molecule has 5 nitrogen and oxygen atoms in total. The highest BCUT2D eigenvalue weighted by molar-refractivity contribution is 5.85. The molecule has 0 fully saturated rings. The van der Waals surface area contributed by atoms with Gasteiger partial charge in [0.05, 0.1) is 0 Å². The number of hydrogen-bond donors (Lipinski definition) is 2. The van der Waals surface area contributed by atoms with Gasteiger partial charge in [0, 0.05) is 30.8 Å². The van der Waals surface area contributed by atoms with Gasteiger partial charge in [-0.3, -0.25) is 4.79 Å². The Morgan fingerprint density at radius 3 is 2.52 bits per heavy atom. The van der Waals surface area contributed by atoms with Crippen LogP contribution in [-0.2, 0) is 11.3 Å². The lowest BCUT2D eigenvalue weighted by atomic mass is 10.0. The van der Waals surface area contributed by atoms with E-state index < -0.39 is 12.8 Å². The van der Waals surface area contributed by atoms with E-state index in [-0.39, 0.29) is 55.1 Å². The average molecular weight is 378 g/mol. The molecule has 0 aliphatic rings. The van der Waals surface area contributed by atoms with E-state index in [0.29, 0.717) is 5.56 Å². The Morgan fingerprint density at radius 2 is 2.00 bits per heavy atom. The van der Waals surface area contributed by atoms with Gasteiger partial charge < -0.3 is 15.8 Å². The second-order valence-corrected chi connectivity index (χ2v) is 4.77. The quantitative estimate of drug-likeness (QED) is 0.798. The first-order valence-corrected chi connectivity index (χ1v) is 6.37. The van der Waals surface area contributed by atoms with Crippen molar-refractivity contribution in [3.63, 3.8) is 0 Å². The van der Waals surface area contributed by atoms with Gasteiger partial charge in [0.1, 0.15) is 0 Å². The highest BCUT2D eigenvalue weighted by atomic mass is 35.5. The number of nitrogens with two attached hydrogens (primary N) is 1. The molecule has 1 aromatic heterocycles. The number of halogens is 5. The number of nitrogens with zero attached hydrogens (tertiary/aromatic N) is 1. The van der Waals surface area contributed by atoms with Crippen LogP contribution in [0.5, 0.6) is 5.88 Å². The number of alkyl halides is 3. The van der Waals surface area contributed by atoms with Crippen LogP contribution in [-0.4, -0.2) is 29.7 Å². The van der Waals surface area contributed by atoms with E-state index in [1.165, 1.54) is 12.3 Å². The molecule has 2 unspecified atom stereocenters. The summed E-state index contributed by atoms with van der Waals surface area (Å²) >= 11 is 0. The van der Waals surface area contributed by atoms with Gasteiger partial charge in [0.25, 0.3) is 0 Å². The minimum absolute atomic E-state index is 0. The molecule has 3 N–H and O–H groups in total.